The summed E-state index contributed by atoms with van der Waals surface area (Å²) in [5, 5.41) is 24.1. The van der Waals surface area contributed by atoms with Gasteiger partial charge in [0.25, 0.3) is 0 Å². The summed E-state index contributed by atoms with van der Waals surface area (Å²) in [4.78, 5) is 15.5. The molecule has 5 saturated carbocycles. The van der Waals surface area contributed by atoms with Gasteiger partial charge in [-0.1, -0.05) is 13.8 Å². The predicted octanol–water partition coefficient (Wildman–Crippen LogP) is 2.09. The van der Waals surface area contributed by atoms with E-state index >= 15 is 0 Å². The summed E-state index contributed by atoms with van der Waals surface area (Å²) in [5.41, 5.74) is -0.797. The van der Waals surface area contributed by atoms with Crippen LogP contribution >= 0.6 is 0 Å². The first-order valence-electron chi connectivity index (χ1n) is 11.9. The van der Waals surface area contributed by atoms with Gasteiger partial charge in [-0.3, -0.25) is 9.69 Å². The van der Waals surface area contributed by atoms with Gasteiger partial charge in [0.15, 0.2) is 0 Å². The van der Waals surface area contributed by atoms with E-state index in [0.717, 1.165) is 38.8 Å². The maximum absolute atomic E-state index is 12.9. The van der Waals surface area contributed by atoms with Crippen molar-refractivity contribution in [3.63, 3.8) is 0 Å². The zero-order valence-electron chi connectivity index (χ0n) is 18.3. The van der Waals surface area contributed by atoms with Crippen LogP contribution in [0.3, 0.4) is 0 Å². The van der Waals surface area contributed by atoms with Crippen LogP contribution in [0.15, 0.2) is 0 Å². The summed E-state index contributed by atoms with van der Waals surface area (Å²) in [6.07, 6.45) is 4.18. The van der Waals surface area contributed by atoms with E-state index in [4.69, 9.17) is 4.74 Å². The highest BCUT2D eigenvalue weighted by Crippen LogP contribution is 2.79. The topological polar surface area (TPSA) is 70.0 Å². The number of fused-ring (bicyclic) bond motifs is 2. The molecule has 162 valence electrons. The number of methoxy groups -OCH3 is 1. The second kappa shape index (κ2) is 5.65. The van der Waals surface area contributed by atoms with Crippen LogP contribution in [0.1, 0.15) is 52.9 Å². The number of ketones is 1. The van der Waals surface area contributed by atoms with Crippen molar-refractivity contribution in [1.82, 2.24) is 4.90 Å². The van der Waals surface area contributed by atoms with E-state index in [1.807, 2.05) is 0 Å². The Morgan fingerprint density at radius 2 is 2.03 bits per heavy atom. The number of likely N-dealkylation sites (tertiary alicyclic amines) is 1. The van der Waals surface area contributed by atoms with Crippen molar-refractivity contribution >= 4 is 5.78 Å². The van der Waals surface area contributed by atoms with E-state index in [9.17, 15) is 15.0 Å². The fraction of sp³-hybridized carbons (Fsp3) is 0.958. The third kappa shape index (κ3) is 1.88. The Morgan fingerprint density at radius 1 is 1.28 bits per heavy atom. The summed E-state index contributed by atoms with van der Waals surface area (Å²) < 4.78 is 5.91. The number of carbonyl (C=O) groups is 1. The summed E-state index contributed by atoms with van der Waals surface area (Å²) in [5.74, 6) is 1.12. The number of aliphatic hydroxyl groups excluding tert-OH is 1. The lowest BCUT2D eigenvalue weighted by Crippen LogP contribution is -2.75. The van der Waals surface area contributed by atoms with E-state index < -0.39 is 5.60 Å². The molecule has 5 nitrogen and oxygen atoms in total. The first kappa shape index (κ1) is 19.2. The van der Waals surface area contributed by atoms with Crippen LogP contribution in [0.5, 0.6) is 0 Å². The summed E-state index contributed by atoms with van der Waals surface area (Å²) in [6, 6.07) is 0.245. The molecular weight excluding hydrogens is 366 g/mol. The zero-order chi connectivity index (χ0) is 20.5. The Hall–Kier alpha value is -0.490. The van der Waals surface area contributed by atoms with Crippen LogP contribution < -0.4 is 0 Å². The SMILES string of the molecule is CCN1C[C@]2(C)CC[C@H](O)[C@@]34[C@@H]5C[C@H]6[C@H](C(C)=O)[C@@H]5[C@](O)(C[C@@H]6OC)[C@@H](C[C@H]23)[C@@H]14. The molecule has 0 unspecified atom stereocenters. The monoisotopic (exact) mass is 403 g/mol. The molecule has 1 spiro atoms. The second-order valence-corrected chi connectivity index (χ2v) is 11.7. The minimum absolute atomic E-state index is 0.00328. The molecule has 5 aliphatic carbocycles. The quantitative estimate of drug-likeness (QED) is 0.755. The van der Waals surface area contributed by atoms with Gasteiger partial charge in [0, 0.05) is 49.3 Å². The number of hydrogen-bond acceptors (Lipinski definition) is 5. The standard InChI is InChI=1S/C24H37NO4/c1-5-25-11-22(3)7-6-18(27)24-14-8-13-16(29-4)10-23(28,20(14)19(13)12(2)26)15(21(24)25)9-17(22)24/h13-21,27-28H,5-11H2,1-4H3/t13-,14-,15+,16+,17-,18+,19+,20-,21-,22+,23+,24-/m1/s1. The van der Waals surface area contributed by atoms with E-state index in [2.05, 4.69) is 18.7 Å². The fourth-order valence-corrected chi connectivity index (χ4v) is 10.7. The van der Waals surface area contributed by atoms with Crippen molar-refractivity contribution in [3.05, 3.63) is 0 Å². The van der Waals surface area contributed by atoms with Crippen LogP contribution in [0.25, 0.3) is 0 Å². The number of piperidine rings is 1. The molecule has 5 heteroatoms. The number of Topliss-reactive ketones (excluding diaryl/α,β-unsaturated/α-hetero) is 1. The third-order valence-electron chi connectivity index (χ3n) is 11.2. The highest BCUT2D eigenvalue weighted by Gasteiger charge is 2.83. The van der Waals surface area contributed by atoms with Gasteiger partial charge in [0.05, 0.1) is 17.8 Å². The Labute approximate surface area is 174 Å². The minimum Gasteiger partial charge on any atom is -0.392 e. The number of aliphatic hydroxyl groups is 2. The molecule has 0 aromatic carbocycles. The van der Waals surface area contributed by atoms with Crippen LogP contribution in [0.2, 0.25) is 0 Å². The molecule has 6 rings (SSSR count). The van der Waals surface area contributed by atoms with Crippen molar-refractivity contribution in [2.45, 2.75) is 76.7 Å². The molecule has 7 bridgehead atoms. The molecule has 29 heavy (non-hydrogen) atoms. The summed E-state index contributed by atoms with van der Waals surface area (Å²) in [7, 11) is 1.74. The van der Waals surface area contributed by atoms with Crippen LogP contribution in [-0.4, -0.2) is 64.9 Å². The van der Waals surface area contributed by atoms with Crippen LogP contribution in [-0.2, 0) is 9.53 Å². The Balaban J connectivity index is 1.60. The number of ether oxygens (including phenoxy) is 1. The fourth-order valence-electron chi connectivity index (χ4n) is 10.7. The van der Waals surface area contributed by atoms with Crippen LogP contribution in [0.4, 0.5) is 0 Å². The Bertz CT molecular complexity index is 757. The van der Waals surface area contributed by atoms with Crippen molar-refractivity contribution in [1.29, 1.82) is 0 Å². The van der Waals surface area contributed by atoms with Crippen molar-refractivity contribution < 1.29 is 19.7 Å². The molecular formula is C24H37NO4. The predicted molar refractivity (Wildman–Crippen MR) is 108 cm³/mol. The number of nitrogens with zero attached hydrogens (tertiary/aromatic N) is 1. The third-order valence-corrected chi connectivity index (χ3v) is 11.2. The molecule has 1 heterocycles. The van der Waals surface area contributed by atoms with E-state index in [1.54, 1.807) is 14.0 Å². The van der Waals surface area contributed by atoms with E-state index in [0.29, 0.717) is 12.3 Å². The summed E-state index contributed by atoms with van der Waals surface area (Å²) in [6.45, 7) is 8.45. The van der Waals surface area contributed by atoms with Gasteiger partial charge in [0.2, 0.25) is 0 Å². The van der Waals surface area contributed by atoms with Gasteiger partial charge in [-0.15, -0.1) is 0 Å². The second-order valence-electron chi connectivity index (χ2n) is 11.7. The van der Waals surface area contributed by atoms with Crippen molar-refractivity contribution in [2.75, 3.05) is 20.2 Å². The minimum atomic E-state index is -0.847. The largest absolute Gasteiger partial charge is 0.392 e. The number of rotatable bonds is 3. The molecule has 1 saturated heterocycles. The van der Waals surface area contributed by atoms with Crippen molar-refractivity contribution in [2.24, 2.45) is 46.3 Å². The first-order valence-corrected chi connectivity index (χ1v) is 11.9. The van der Waals surface area contributed by atoms with Gasteiger partial charge in [-0.25, -0.2) is 0 Å². The lowest BCUT2D eigenvalue weighted by molar-refractivity contribution is -0.260. The Kier molecular flexibility index (Phi) is 3.74. The highest BCUT2D eigenvalue weighted by molar-refractivity contribution is 5.80. The first-order chi connectivity index (χ1) is 13.7. The molecule has 1 aliphatic heterocycles. The highest BCUT2D eigenvalue weighted by atomic mass is 16.5. The molecule has 0 aromatic rings. The molecule has 6 fully saturated rings. The lowest BCUT2D eigenvalue weighted by Gasteiger charge is -2.69. The normalized spacial score (nSPS) is 62.3. The average molecular weight is 404 g/mol. The number of hydrogen-bond donors (Lipinski definition) is 2. The maximum Gasteiger partial charge on any atom is 0.133 e. The van der Waals surface area contributed by atoms with E-state index in [-0.39, 0.29) is 64.5 Å². The van der Waals surface area contributed by atoms with Gasteiger partial charge < -0.3 is 14.9 Å². The molecule has 2 N–H and O–H groups in total. The Morgan fingerprint density at radius 3 is 2.69 bits per heavy atom. The van der Waals surface area contributed by atoms with Crippen molar-refractivity contribution in [3.8, 4) is 0 Å². The van der Waals surface area contributed by atoms with Crippen LogP contribution in [0, 0.1) is 46.3 Å². The molecule has 12 atom stereocenters. The van der Waals surface area contributed by atoms with Gasteiger partial charge >= 0.3 is 0 Å². The van der Waals surface area contributed by atoms with Gasteiger partial charge in [0.1, 0.15) is 5.78 Å². The van der Waals surface area contributed by atoms with Gasteiger partial charge in [-0.2, -0.15) is 0 Å². The average Bonchev–Trinajstić information content (AvgIpc) is 3.17. The van der Waals surface area contributed by atoms with Gasteiger partial charge in [-0.05, 0) is 62.3 Å². The zero-order valence-corrected chi connectivity index (χ0v) is 18.3. The summed E-state index contributed by atoms with van der Waals surface area (Å²) >= 11 is 0. The van der Waals surface area contributed by atoms with E-state index in [1.165, 1.54) is 0 Å². The molecule has 0 radical (unpaired) electrons. The molecule has 0 amide bonds. The molecule has 6 aliphatic rings. The maximum atomic E-state index is 12.9. The lowest BCUT2D eigenvalue weighted by atomic mass is 9.43. The smallest absolute Gasteiger partial charge is 0.133 e. The number of carbonyl (C=O) groups excluding carboxylic acids is 1. The molecule has 0 aromatic heterocycles.